The number of Topliss-reactive ketones (excluding diaryl/α,β-unsaturated/α-hetero) is 1. The van der Waals surface area contributed by atoms with Gasteiger partial charge in [0.2, 0.25) is 5.78 Å². The summed E-state index contributed by atoms with van der Waals surface area (Å²) in [7, 11) is 0. The Labute approximate surface area is 147 Å². The van der Waals surface area contributed by atoms with E-state index >= 15 is 0 Å². The summed E-state index contributed by atoms with van der Waals surface area (Å²) in [5.41, 5.74) is 1.35. The minimum Gasteiger partial charge on any atom is -0.292 e. The lowest BCUT2D eigenvalue weighted by Gasteiger charge is -2.09. The van der Waals surface area contributed by atoms with Crippen LogP contribution in [0.15, 0.2) is 47.2 Å². The molecule has 2 aromatic heterocycles. The number of aryl methyl sites for hydroxylation is 1. The van der Waals surface area contributed by atoms with Crippen LogP contribution in [-0.4, -0.2) is 16.6 Å². The predicted molar refractivity (Wildman–Crippen MR) is 93.7 cm³/mol. The summed E-state index contributed by atoms with van der Waals surface area (Å²) in [5.74, 6) is -1.60. The first kappa shape index (κ1) is 16.2. The topological polar surface area (TPSA) is 70.8 Å². The van der Waals surface area contributed by atoms with Crippen LogP contribution in [0.1, 0.15) is 42.2 Å². The lowest BCUT2D eigenvalue weighted by Crippen LogP contribution is -2.15. The smallest absolute Gasteiger partial charge is 0.203 e. The molecule has 0 radical (unpaired) electrons. The van der Waals surface area contributed by atoms with Gasteiger partial charge in [-0.1, -0.05) is 30.3 Å². The summed E-state index contributed by atoms with van der Waals surface area (Å²) in [5, 5.41) is 13.5. The van der Waals surface area contributed by atoms with Crippen LogP contribution in [-0.2, 0) is 0 Å². The Bertz CT molecular complexity index is 936. The fourth-order valence-corrected chi connectivity index (χ4v) is 3.84. The summed E-state index contributed by atoms with van der Waals surface area (Å²) in [6.07, 6.45) is 0. The molecule has 3 rings (SSSR count). The van der Waals surface area contributed by atoms with E-state index in [1.54, 1.807) is 41.8 Å². The van der Waals surface area contributed by atoms with E-state index in [0.29, 0.717) is 15.4 Å². The van der Waals surface area contributed by atoms with E-state index in [9.17, 15) is 14.9 Å². The van der Waals surface area contributed by atoms with Crippen LogP contribution in [0, 0.1) is 18.3 Å². The van der Waals surface area contributed by atoms with Crippen LogP contribution in [0.4, 0.5) is 0 Å². The molecule has 0 N–H and O–H groups in total. The molecule has 0 saturated carbocycles. The first-order valence-electron chi connectivity index (χ1n) is 7.15. The van der Waals surface area contributed by atoms with Gasteiger partial charge in [-0.15, -0.1) is 22.7 Å². The number of benzene rings is 1. The summed E-state index contributed by atoms with van der Waals surface area (Å²) < 4.78 is 0. The van der Waals surface area contributed by atoms with Crippen LogP contribution < -0.4 is 0 Å². The average molecular weight is 352 g/mol. The summed E-state index contributed by atoms with van der Waals surface area (Å²) in [4.78, 5) is 30.3. The van der Waals surface area contributed by atoms with Crippen LogP contribution >= 0.6 is 22.7 Å². The third-order valence-corrected chi connectivity index (χ3v) is 5.35. The van der Waals surface area contributed by atoms with Crippen LogP contribution in [0.5, 0.6) is 0 Å². The molecule has 4 nitrogen and oxygen atoms in total. The van der Waals surface area contributed by atoms with E-state index in [2.05, 4.69) is 4.98 Å². The monoisotopic (exact) mass is 352 g/mol. The maximum atomic E-state index is 12.9. The molecule has 0 fully saturated rings. The number of ketones is 2. The molecular weight excluding hydrogens is 340 g/mol. The second-order valence-corrected chi connectivity index (χ2v) is 6.94. The van der Waals surface area contributed by atoms with Crippen molar-refractivity contribution in [2.75, 3.05) is 0 Å². The molecule has 0 aliphatic rings. The van der Waals surface area contributed by atoms with E-state index in [1.807, 2.05) is 18.4 Å². The number of hydrogen-bond donors (Lipinski definition) is 0. The van der Waals surface area contributed by atoms with Gasteiger partial charge in [-0.2, -0.15) is 5.26 Å². The van der Waals surface area contributed by atoms with E-state index in [1.165, 1.54) is 22.7 Å². The number of hydrogen-bond acceptors (Lipinski definition) is 6. The molecule has 0 spiro atoms. The normalized spacial score (nSPS) is 11.7. The van der Waals surface area contributed by atoms with Gasteiger partial charge in [0.25, 0.3) is 0 Å². The SMILES string of the molecule is Cc1csc(C(C#N)C(=O)c2ccccc2C(=O)c2cccs2)n1. The third kappa shape index (κ3) is 3.04. The molecule has 0 aliphatic carbocycles. The lowest BCUT2D eigenvalue weighted by atomic mass is 9.93. The molecule has 1 atom stereocenters. The van der Waals surface area contributed by atoms with Gasteiger partial charge in [0, 0.05) is 22.2 Å². The standard InChI is InChI=1S/C18H12N2O2S2/c1-11-10-24-18(20-11)14(9-19)16(21)12-5-2-3-6-13(12)17(22)15-7-4-8-23-15/h2-8,10,14H,1H3. The van der Waals surface area contributed by atoms with Crippen molar-refractivity contribution in [3.63, 3.8) is 0 Å². The van der Waals surface area contributed by atoms with Crippen molar-refractivity contribution in [2.45, 2.75) is 12.8 Å². The Morgan fingerprint density at radius 1 is 1.12 bits per heavy atom. The molecule has 0 aliphatic heterocycles. The number of thiazole rings is 1. The summed E-state index contributed by atoms with van der Waals surface area (Å²) >= 11 is 2.60. The van der Waals surface area contributed by atoms with Crippen molar-refractivity contribution in [3.05, 3.63) is 73.9 Å². The minimum atomic E-state index is -0.999. The Kier molecular flexibility index (Phi) is 4.65. The first-order valence-corrected chi connectivity index (χ1v) is 8.91. The third-order valence-electron chi connectivity index (χ3n) is 3.46. The lowest BCUT2D eigenvalue weighted by molar-refractivity contribution is 0.0964. The van der Waals surface area contributed by atoms with Crippen molar-refractivity contribution >= 4 is 34.2 Å². The number of nitriles is 1. The summed E-state index contributed by atoms with van der Waals surface area (Å²) in [6, 6.07) is 12.2. The van der Waals surface area contributed by atoms with Gasteiger partial charge >= 0.3 is 0 Å². The molecule has 24 heavy (non-hydrogen) atoms. The fraction of sp³-hybridized carbons (Fsp3) is 0.111. The quantitative estimate of drug-likeness (QED) is 0.644. The molecule has 0 bridgehead atoms. The first-order chi connectivity index (χ1) is 11.6. The van der Waals surface area contributed by atoms with Gasteiger partial charge < -0.3 is 0 Å². The highest BCUT2D eigenvalue weighted by Crippen LogP contribution is 2.27. The van der Waals surface area contributed by atoms with Gasteiger partial charge in [-0.3, -0.25) is 9.59 Å². The highest BCUT2D eigenvalue weighted by atomic mass is 32.1. The largest absolute Gasteiger partial charge is 0.292 e. The number of carbonyl (C=O) groups is 2. The second-order valence-electron chi connectivity index (χ2n) is 5.11. The van der Waals surface area contributed by atoms with Crippen molar-refractivity contribution in [2.24, 2.45) is 0 Å². The molecule has 3 aromatic rings. The number of aromatic nitrogens is 1. The molecule has 2 heterocycles. The maximum Gasteiger partial charge on any atom is 0.203 e. The van der Waals surface area contributed by atoms with Crippen LogP contribution in [0.3, 0.4) is 0 Å². The molecular formula is C18H12N2O2S2. The highest BCUT2D eigenvalue weighted by Gasteiger charge is 2.28. The van der Waals surface area contributed by atoms with E-state index < -0.39 is 11.7 Å². The van der Waals surface area contributed by atoms with E-state index in [4.69, 9.17) is 0 Å². The van der Waals surface area contributed by atoms with Crippen LogP contribution in [0.2, 0.25) is 0 Å². The zero-order chi connectivity index (χ0) is 17.1. The zero-order valence-electron chi connectivity index (χ0n) is 12.7. The summed E-state index contributed by atoms with van der Waals surface area (Å²) in [6.45, 7) is 1.81. The number of thiophene rings is 1. The molecule has 6 heteroatoms. The van der Waals surface area contributed by atoms with Crippen molar-refractivity contribution in [3.8, 4) is 6.07 Å². The van der Waals surface area contributed by atoms with Gasteiger partial charge in [0.15, 0.2) is 11.7 Å². The Hall–Kier alpha value is -2.62. The molecule has 1 unspecified atom stereocenters. The Balaban J connectivity index is 2.02. The molecule has 0 amide bonds. The zero-order valence-corrected chi connectivity index (χ0v) is 14.4. The maximum absolute atomic E-state index is 12.9. The van der Waals surface area contributed by atoms with Crippen LogP contribution in [0.25, 0.3) is 0 Å². The average Bonchev–Trinajstić information content (AvgIpc) is 3.27. The van der Waals surface area contributed by atoms with Crippen molar-refractivity contribution in [1.82, 2.24) is 4.98 Å². The minimum absolute atomic E-state index is 0.207. The number of rotatable bonds is 5. The Morgan fingerprint density at radius 2 is 1.88 bits per heavy atom. The predicted octanol–water partition coefficient (Wildman–Crippen LogP) is 4.23. The second kappa shape index (κ2) is 6.87. The van der Waals surface area contributed by atoms with Gasteiger partial charge in [0.1, 0.15) is 5.01 Å². The Morgan fingerprint density at radius 3 is 2.46 bits per heavy atom. The fourth-order valence-electron chi connectivity index (χ4n) is 2.32. The molecule has 0 saturated heterocycles. The molecule has 118 valence electrons. The number of nitrogens with zero attached hydrogens (tertiary/aromatic N) is 2. The van der Waals surface area contributed by atoms with Gasteiger partial charge in [-0.25, -0.2) is 4.98 Å². The molecule has 1 aromatic carbocycles. The van der Waals surface area contributed by atoms with Crippen molar-refractivity contribution in [1.29, 1.82) is 5.26 Å². The number of carbonyl (C=O) groups excluding carboxylic acids is 2. The van der Waals surface area contributed by atoms with Gasteiger partial charge in [0.05, 0.1) is 10.9 Å². The van der Waals surface area contributed by atoms with E-state index in [0.717, 1.165) is 5.69 Å². The van der Waals surface area contributed by atoms with Crippen molar-refractivity contribution < 1.29 is 9.59 Å². The van der Waals surface area contributed by atoms with Gasteiger partial charge in [-0.05, 0) is 18.4 Å². The van der Waals surface area contributed by atoms with E-state index in [-0.39, 0.29) is 11.3 Å². The highest BCUT2D eigenvalue weighted by molar-refractivity contribution is 7.12.